The maximum atomic E-state index is 9.17. The van der Waals surface area contributed by atoms with Crippen LogP contribution in [0.5, 0.6) is 0 Å². The fourth-order valence-corrected chi connectivity index (χ4v) is 4.19. The van der Waals surface area contributed by atoms with Gasteiger partial charge in [0.15, 0.2) is 0 Å². The fraction of sp³-hybridized carbons (Fsp3) is 0.552. The second kappa shape index (κ2) is 17.6. The summed E-state index contributed by atoms with van der Waals surface area (Å²) < 4.78 is 5.28. The number of rotatable bonds is 7. The van der Waals surface area contributed by atoms with Crippen LogP contribution in [-0.2, 0) is 11.3 Å². The molecule has 1 fully saturated rings. The summed E-state index contributed by atoms with van der Waals surface area (Å²) in [5, 5.41) is 18.1. The van der Waals surface area contributed by atoms with E-state index in [1.807, 2.05) is 36.0 Å². The van der Waals surface area contributed by atoms with E-state index in [1.54, 1.807) is 0 Å². The maximum absolute atomic E-state index is 9.17. The van der Waals surface area contributed by atoms with Gasteiger partial charge in [-0.25, -0.2) is 0 Å². The zero-order chi connectivity index (χ0) is 24.5. The molecule has 0 radical (unpaired) electrons. The number of nitriles is 1. The van der Waals surface area contributed by atoms with Crippen LogP contribution >= 0.6 is 11.8 Å². The summed E-state index contributed by atoms with van der Waals surface area (Å²) in [5.41, 5.74) is 4.12. The Balaban J connectivity index is 0.000000370. The molecule has 0 bridgehead atoms. The standard InChI is InChI=1S/C19H21NO.C6H12O.C4H10S/c1-3-14(2)19(17-8-4-15(12-20)5-9-17)18-10-6-16(13-21)7-11-18;1-6-4-2-3-5-7-6;1-3-5-4-2/h4-11,14,19,21H,3,13H2,1-2H3;6H,2-5H2,1H3;3-4H2,1-2H3. The first-order chi connectivity index (χ1) is 16.0. The van der Waals surface area contributed by atoms with Gasteiger partial charge in [0.1, 0.15) is 0 Å². The van der Waals surface area contributed by atoms with Gasteiger partial charge in [0, 0.05) is 12.5 Å². The highest BCUT2D eigenvalue weighted by Crippen LogP contribution is 2.34. The smallest absolute Gasteiger partial charge is 0.0991 e. The summed E-state index contributed by atoms with van der Waals surface area (Å²) in [5.74, 6) is 3.35. The minimum absolute atomic E-state index is 0.0745. The van der Waals surface area contributed by atoms with E-state index in [0.29, 0.717) is 23.5 Å². The van der Waals surface area contributed by atoms with Crippen LogP contribution in [0.25, 0.3) is 0 Å². The average Bonchev–Trinajstić information content (AvgIpc) is 2.86. The Kier molecular flexibility index (Phi) is 15.6. The summed E-state index contributed by atoms with van der Waals surface area (Å²) in [7, 11) is 0. The van der Waals surface area contributed by atoms with E-state index in [0.717, 1.165) is 18.6 Å². The third kappa shape index (κ3) is 11.3. The van der Waals surface area contributed by atoms with E-state index >= 15 is 0 Å². The average molecular weight is 470 g/mol. The van der Waals surface area contributed by atoms with Crippen molar-refractivity contribution in [3.05, 3.63) is 70.8 Å². The molecule has 2 aromatic rings. The minimum atomic E-state index is 0.0745. The van der Waals surface area contributed by atoms with Crippen LogP contribution in [-0.4, -0.2) is 29.3 Å². The van der Waals surface area contributed by atoms with Gasteiger partial charge in [0.05, 0.1) is 24.3 Å². The number of aliphatic hydroxyl groups is 1. The number of thioether (sulfide) groups is 1. The molecule has 1 N–H and O–H groups in total. The third-order valence-electron chi connectivity index (χ3n) is 5.95. The topological polar surface area (TPSA) is 53.2 Å². The van der Waals surface area contributed by atoms with Crippen molar-refractivity contribution in [2.45, 2.75) is 78.9 Å². The van der Waals surface area contributed by atoms with Crippen LogP contribution < -0.4 is 0 Å². The third-order valence-corrected chi connectivity index (χ3v) is 6.77. The van der Waals surface area contributed by atoms with Crippen molar-refractivity contribution in [1.29, 1.82) is 5.26 Å². The number of hydrogen-bond donors (Lipinski definition) is 1. The fourth-order valence-electron chi connectivity index (χ4n) is 3.79. The van der Waals surface area contributed by atoms with Gasteiger partial charge < -0.3 is 9.84 Å². The van der Waals surface area contributed by atoms with Gasteiger partial charge in [-0.15, -0.1) is 0 Å². The predicted molar refractivity (Wildman–Crippen MR) is 143 cm³/mol. The van der Waals surface area contributed by atoms with Crippen LogP contribution in [0.1, 0.15) is 88.5 Å². The molecule has 0 aliphatic carbocycles. The molecule has 3 rings (SSSR count). The van der Waals surface area contributed by atoms with Gasteiger partial charge in [-0.05, 0) is 72.4 Å². The van der Waals surface area contributed by atoms with E-state index < -0.39 is 0 Å². The van der Waals surface area contributed by atoms with Crippen LogP contribution in [0.15, 0.2) is 48.5 Å². The number of benzene rings is 2. The first-order valence-corrected chi connectivity index (χ1v) is 13.5. The molecule has 182 valence electrons. The Hall–Kier alpha value is -1.80. The number of hydrogen-bond acceptors (Lipinski definition) is 4. The normalized spacial score (nSPS) is 16.8. The highest BCUT2D eigenvalue weighted by molar-refractivity contribution is 7.99. The monoisotopic (exact) mass is 469 g/mol. The molecule has 0 aromatic heterocycles. The highest BCUT2D eigenvalue weighted by atomic mass is 32.2. The van der Waals surface area contributed by atoms with Crippen molar-refractivity contribution in [1.82, 2.24) is 0 Å². The number of ether oxygens (including phenoxy) is 1. The van der Waals surface area contributed by atoms with Crippen LogP contribution in [0, 0.1) is 17.2 Å². The zero-order valence-electron chi connectivity index (χ0n) is 21.2. The van der Waals surface area contributed by atoms with Gasteiger partial charge in [0.2, 0.25) is 0 Å². The lowest BCUT2D eigenvalue weighted by Crippen LogP contribution is -2.14. The largest absolute Gasteiger partial charge is 0.392 e. The molecule has 3 nitrogen and oxygen atoms in total. The van der Waals surface area contributed by atoms with Gasteiger partial charge >= 0.3 is 0 Å². The minimum Gasteiger partial charge on any atom is -0.392 e. The van der Waals surface area contributed by atoms with Gasteiger partial charge in [0.25, 0.3) is 0 Å². The molecule has 33 heavy (non-hydrogen) atoms. The molecule has 0 amide bonds. The summed E-state index contributed by atoms with van der Waals surface area (Å²) in [6.45, 7) is 12.0. The number of nitrogens with zero attached hydrogens (tertiary/aromatic N) is 1. The second-order valence-electron chi connectivity index (χ2n) is 8.46. The summed E-state index contributed by atoms with van der Waals surface area (Å²) in [6, 6.07) is 18.2. The Morgan fingerprint density at radius 1 is 1.00 bits per heavy atom. The number of aliphatic hydroxyl groups excluding tert-OH is 1. The Labute approximate surface area is 206 Å². The molecule has 1 aliphatic heterocycles. The molecular formula is C29H43NO2S. The molecule has 0 spiro atoms. The molecular weight excluding hydrogens is 426 g/mol. The van der Waals surface area contributed by atoms with Gasteiger partial charge in [-0.2, -0.15) is 17.0 Å². The predicted octanol–water partition coefficient (Wildman–Crippen LogP) is 7.56. The van der Waals surface area contributed by atoms with Crippen LogP contribution in [0.3, 0.4) is 0 Å². The quantitative estimate of drug-likeness (QED) is 0.454. The van der Waals surface area contributed by atoms with Gasteiger partial charge in [-0.3, -0.25) is 0 Å². The van der Waals surface area contributed by atoms with E-state index in [4.69, 9.17) is 15.1 Å². The molecule has 4 heteroatoms. The van der Waals surface area contributed by atoms with Crippen molar-refractivity contribution in [2.75, 3.05) is 18.1 Å². The summed E-state index contributed by atoms with van der Waals surface area (Å²) in [6.07, 6.45) is 5.52. The molecule has 1 saturated heterocycles. The summed E-state index contributed by atoms with van der Waals surface area (Å²) in [4.78, 5) is 0. The van der Waals surface area contributed by atoms with E-state index in [-0.39, 0.29) is 6.61 Å². The van der Waals surface area contributed by atoms with Crippen molar-refractivity contribution in [3.8, 4) is 6.07 Å². The first-order valence-electron chi connectivity index (χ1n) is 12.4. The van der Waals surface area contributed by atoms with Gasteiger partial charge in [-0.1, -0.05) is 70.5 Å². The second-order valence-corrected chi connectivity index (χ2v) is 10.0. The lowest BCUT2D eigenvalue weighted by molar-refractivity contribution is 0.0285. The van der Waals surface area contributed by atoms with Crippen molar-refractivity contribution in [3.63, 3.8) is 0 Å². The molecule has 2 aromatic carbocycles. The van der Waals surface area contributed by atoms with Crippen LogP contribution in [0.2, 0.25) is 0 Å². The van der Waals surface area contributed by atoms with Crippen molar-refractivity contribution < 1.29 is 9.84 Å². The molecule has 3 unspecified atom stereocenters. The van der Waals surface area contributed by atoms with Crippen molar-refractivity contribution in [2.24, 2.45) is 5.92 Å². The lowest BCUT2D eigenvalue weighted by Gasteiger charge is -2.24. The first kappa shape index (κ1) is 29.2. The molecule has 1 heterocycles. The Bertz CT molecular complexity index is 775. The molecule has 0 saturated carbocycles. The van der Waals surface area contributed by atoms with E-state index in [9.17, 15) is 0 Å². The van der Waals surface area contributed by atoms with Crippen molar-refractivity contribution >= 4 is 11.8 Å². The maximum Gasteiger partial charge on any atom is 0.0991 e. The Morgan fingerprint density at radius 2 is 1.58 bits per heavy atom. The zero-order valence-corrected chi connectivity index (χ0v) is 22.0. The van der Waals surface area contributed by atoms with E-state index in [2.05, 4.69) is 65.0 Å². The molecule has 3 atom stereocenters. The molecule has 1 aliphatic rings. The lowest BCUT2D eigenvalue weighted by atomic mass is 9.80. The summed E-state index contributed by atoms with van der Waals surface area (Å²) >= 11 is 1.96. The highest BCUT2D eigenvalue weighted by Gasteiger charge is 2.20. The Morgan fingerprint density at radius 3 is 1.91 bits per heavy atom. The van der Waals surface area contributed by atoms with Crippen LogP contribution in [0.4, 0.5) is 0 Å². The SMILES string of the molecule is CC1CCCCO1.CCC(C)C(c1ccc(C#N)cc1)c1ccc(CO)cc1.CCSCC. The van der Waals surface area contributed by atoms with E-state index in [1.165, 1.54) is 41.9 Å².